The number of thiophene rings is 1. The number of ether oxygens (including phenoxy) is 1. The zero-order chi connectivity index (χ0) is 11.5. The van der Waals surface area contributed by atoms with E-state index in [9.17, 15) is 9.90 Å². The van der Waals surface area contributed by atoms with Crippen molar-refractivity contribution in [1.29, 1.82) is 0 Å². The van der Waals surface area contributed by atoms with Crippen LogP contribution in [0.1, 0.15) is 10.9 Å². The molecule has 2 heterocycles. The largest absolute Gasteiger partial charge is 0.480 e. The summed E-state index contributed by atoms with van der Waals surface area (Å²) in [5.74, 6) is -0.795. The Labute approximate surface area is 106 Å². The lowest BCUT2D eigenvalue weighted by Gasteiger charge is -2.31. The van der Waals surface area contributed by atoms with Crippen molar-refractivity contribution in [2.75, 3.05) is 26.3 Å². The third kappa shape index (κ3) is 2.63. The van der Waals surface area contributed by atoms with E-state index in [1.54, 1.807) is 0 Å². The SMILES string of the molecule is O=C(O)[C@H](c1cc(Br)cs1)N1CCOCC1. The lowest BCUT2D eigenvalue weighted by Crippen LogP contribution is -2.41. The van der Waals surface area contributed by atoms with Crippen molar-refractivity contribution in [3.63, 3.8) is 0 Å². The van der Waals surface area contributed by atoms with Crippen LogP contribution in [0.4, 0.5) is 0 Å². The molecule has 2 rings (SSSR count). The Morgan fingerprint density at radius 1 is 1.56 bits per heavy atom. The van der Waals surface area contributed by atoms with Gasteiger partial charge in [-0.25, -0.2) is 0 Å². The smallest absolute Gasteiger partial charge is 0.326 e. The van der Waals surface area contributed by atoms with Gasteiger partial charge in [-0.05, 0) is 22.0 Å². The first kappa shape index (κ1) is 12.0. The van der Waals surface area contributed by atoms with Gasteiger partial charge >= 0.3 is 5.97 Å². The normalized spacial score (nSPS) is 19.6. The van der Waals surface area contributed by atoms with Gasteiger partial charge in [0.1, 0.15) is 6.04 Å². The van der Waals surface area contributed by atoms with Crippen LogP contribution in [0.15, 0.2) is 15.9 Å². The Morgan fingerprint density at radius 2 is 2.25 bits per heavy atom. The van der Waals surface area contributed by atoms with Crippen molar-refractivity contribution in [3.8, 4) is 0 Å². The molecule has 16 heavy (non-hydrogen) atoms. The summed E-state index contributed by atoms with van der Waals surface area (Å²) < 4.78 is 6.17. The Morgan fingerprint density at radius 3 is 2.75 bits per heavy atom. The van der Waals surface area contributed by atoms with Gasteiger partial charge in [-0.2, -0.15) is 0 Å². The fourth-order valence-corrected chi connectivity index (χ4v) is 3.33. The van der Waals surface area contributed by atoms with E-state index < -0.39 is 12.0 Å². The van der Waals surface area contributed by atoms with E-state index in [4.69, 9.17) is 4.74 Å². The van der Waals surface area contributed by atoms with Gasteiger partial charge in [-0.3, -0.25) is 9.69 Å². The molecule has 1 aromatic rings. The van der Waals surface area contributed by atoms with Crippen LogP contribution < -0.4 is 0 Å². The maximum absolute atomic E-state index is 11.3. The first-order valence-corrected chi connectivity index (χ1v) is 6.64. The predicted molar refractivity (Wildman–Crippen MR) is 64.8 cm³/mol. The zero-order valence-corrected chi connectivity index (χ0v) is 11.0. The summed E-state index contributed by atoms with van der Waals surface area (Å²) in [5.41, 5.74) is 0. The van der Waals surface area contributed by atoms with E-state index in [-0.39, 0.29) is 0 Å². The minimum absolute atomic E-state index is 0.541. The minimum atomic E-state index is -0.795. The molecular formula is C10H12BrNO3S. The molecule has 0 amide bonds. The fraction of sp³-hybridized carbons (Fsp3) is 0.500. The molecule has 6 heteroatoms. The van der Waals surface area contributed by atoms with Crippen molar-refractivity contribution in [3.05, 3.63) is 20.8 Å². The summed E-state index contributed by atoms with van der Waals surface area (Å²) in [6, 6.07) is 1.33. The number of nitrogens with zero attached hydrogens (tertiary/aromatic N) is 1. The highest BCUT2D eigenvalue weighted by atomic mass is 79.9. The lowest BCUT2D eigenvalue weighted by molar-refractivity contribution is -0.145. The number of aliphatic carboxylic acids is 1. The first-order chi connectivity index (χ1) is 7.68. The molecule has 1 N–H and O–H groups in total. The standard InChI is InChI=1S/C10H12BrNO3S/c11-7-5-8(16-6-7)9(10(13)14)12-1-3-15-4-2-12/h5-6,9H,1-4H2,(H,13,14)/t9-/m0/s1. The molecule has 1 saturated heterocycles. The number of carboxylic acids is 1. The second-order valence-electron chi connectivity index (χ2n) is 3.56. The highest BCUT2D eigenvalue weighted by molar-refractivity contribution is 9.10. The summed E-state index contributed by atoms with van der Waals surface area (Å²) in [4.78, 5) is 14.1. The number of halogens is 1. The number of rotatable bonds is 3. The van der Waals surface area contributed by atoms with Crippen LogP contribution in [0.2, 0.25) is 0 Å². The van der Waals surface area contributed by atoms with E-state index in [0.29, 0.717) is 26.3 Å². The van der Waals surface area contributed by atoms with Gasteiger partial charge in [0.25, 0.3) is 0 Å². The van der Waals surface area contributed by atoms with Crippen molar-refractivity contribution in [2.45, 2.75) is 6.04 Å². The van der Waals surface area contributed by atoms with Crippen LogP contribution in [0.5, 0.6) is 0 Å². The second-order valence-corrected chi connectivity index (χ2v) is 5.41. The summed E-state index contributed by atoms with van der Waals surface area (Å²) in [5, 5.41) is 11.2. The van der Waals surface area contributed by atoms with Gasteiger partial charge in [0.2, 0.25) is 0 Å². The topological polar surface area (TPSA) is 49.8 Å². The molecule has 0 radical (unpaired) electrons. The Kier molecular flexibility index (Phi) is 3.96. The molecule has 1 aliphatic rings. The van der Waals surface area contributed by atoms with Crippen molar-refractivity contribution in [2.24, 2.45) is 0 Å². The molecule has 0 aromatic carbocycles. The minimum Gasteiger partial charge on any atom is -0.480 e. The third-order valence-corrected chi connectivity index (χ3v) is 4.25. The van der Waals surface area contributed by atoms with Gasteiger partial charge in [0.05, 0.1) is 13.2 Å². The van der Waals surface area contributed by atoms with E-state index in [1.165, 1.54) is 11.3 Å². The molecule has 88 valence electrons. The molecule has 1 fully saturated rings. The van der Waals surface area contributed by atoms with Crippen LogP contribution >= 0.6 is 27.3 Å². The fourth-order valence-electron chi connectivity index (χ4n) is 1.77. The highest BCUT2D eigenvalue weighted by Gasteiger charge is 2.29. The molecule has 0 saturated carbocycles. The summed E-state index contributed by atoms with van der Waals surface area (Å²) >= 11 is 4.82. The number of hydrogen-bond donors (Lipinski definition) is 1. The molecule has 0 bridgehead atoms. The number of carbonyl (C=O) groups is 1. The Balaban J connectivity index is 2.19. The van der Waals surface area contributed by atoms with Gasteiger partial charge < -0.3 is 9.84 Å². The van der Waals surface area contributed by atoms with Crippen LogP contribution in [0, 0.1) is 0 Å². The van der Waals surface area contributed by atoms with Crippen LogP contribution in [-0.2, 0) is 9.53 Å². The van der Waals surface area contributed by atoms with Crippen molar-refractivity contribution < 1.29 is 14.6 Å². The highest BCUT2D eigenvalue weighted by Crippen LogP contribution is 2.30. The first-order valence-electron chi connectivity index (χ1n) is 4.97. The summed E-state index contributed by atoms with van der Waals surface area (Å²) in [6.07, 6.45) is 0. The predicted octanol–water partition coefficient (Wildman–Crippen LogP) is 1.97. The van der Waals surface area contributed by atoms with Gasteiger partial charge in [-0.1, -0.05) is 0 Å². The number of carboxylic acid groups (broad SMARTS) is 1. The van der Waals surface area contributed by atoms with Crippen LogP contribution in [0.3, 0.4) is 0 Å². The summed E-state index contributed by atoms with van der Waals surface area (Å²) in [6.45, 7) is 2.56. The second kappa shape index (κ2) is 5.27. The lowest BCUT2D eigenvalue weighted by atomic mass is 10.2. The average Bonchev–Trinajstić information content (AvgIpc) is 2.66. The molecule has 0 aliphatic carbocycles. The molecule has 0 unspecified atom stereocenters. The Hall–Kier alpha value is -0.430. The van der Waals surface area contributed by atoms with Crippen LogP contribution in [0.25, 0.3) is 0 Å². The molecule has 4 nitrogen and oxygen atoms in total. The number of morpholine rings is 1. The third-order valence-electron chi connectivity index (χ3n) is 2.50. The van der Waals surface area contributed by atoms with E-state index in [1.807, 2.05) is 16.3 Å². The molecule has 1 aliphatic heterocycles. The Bertz CT molecular complexity index is 376. The van der Waals surface area contributed by atoms with Crippen molar-refractivity contribution >= 4 is 33.2 Å². The average molecular weight is 306 g/mol. The molecule has 1 aromatic heterocycles. The quantitative estimate of drug-likeness (QED) is 0.927. The van der Waals surface area contributed by atoms with E-state index in [0.717, 1.165) is 9.35 Å². The molecular weight excluding hydrogens is 294 g/mol. The van der Waals surface area contributed by atoms with E-state index >= 15 is 0 Å². The number of hydrogen-bond acceptors (Lipinski definition) is 4. The van der Waals surface area contributed by atoms with Crippen LogP contribution in [-0.4, -0.2) is 42.3 Å². The van der Waals surface area contributed by atoms with E-state index in [2.05, 4.69) is 15.9 Å². The van der Waals surface area contributed by atoms with Gasteiger partial charge in [0.15, 0.2) is 0 Å². The summed E-state index contributed by atoms with van der Waals surface area (Å²) in [7, 11) is 0. The zero-order valence-electron chi connectivity index (χ0n) is 8.56. The maximum atomic E-state index is 11.3. The molecule has 0 spiro atoms. The molecule has 1 atom stereocenters. The monoisotopic (exact) mass is 305 g/mol. The van der Waals surface area contributed by atoms with Crippen molar-refractivity contribution in [1.82, 2.24) is 4.90 Å². The van der Waals surface area contributed by atoms with Gasteiger partial charge in [-0.15, -0.1) is 11.3 Å². The maximum Gasteiger partial charge on any atom is 0.326 e. The van der Waals surface area contributed by atoms with Gasteiger partial charge in [0, 0.05) is 27.8 Å².